The van der Waals surface area contributed by atoms with Gasteiger partial charge < -0.3 is 15.2 Å². The lowest BCUT2D eigenvalue weighted by molar-refractivity contribution is 0.00999. The molecule has 3 rings (SSSR count). The first-order chi connectivity index (χ1) is 10.3. The molecule has 0 saturated carbocycles. The third kappa shape index (κ3) is 3.21. The first kappa shape index (κ1) is 14.4. The van der Waals surface area contributed by atoms with Crippen LogP contribution in [0, 0.1) is 0 Å². The molecule has 0 spiro atoms. The summed E-state index contributed by atoms with van der Waals surface area (Å²) in [5, 5.41) is 0.669. The van der Waals surface area contributed by atoms with Gasteiger partial charge in [-0.2, -0.15) is 0 Å². The number of hydrogen-bond acceptors (Lipinski definition) is 3. The Hall–Kier alpha value is -1.55. The molecule has 1 aliphatic heterocycles. The molecule has 0 aliphatic carbocycles. The van der Waals surface area contributed by atoms with E-state index < -0.39 is 0 Å². The Morgan fingerprint density at radius 2 is 2.10 bits per heavy atom. The summed E-state index contributed by atoms with van der Waals surface area (Å²) in [6.45, 7) is 1.61. The van der Waals surface area contributed by atoms with E-state index >= 15 is 0 Å². The number of rotatable bonds is 4. The van der Waals surface area contributed by atoms with Crippen LogP contribution in [0.3, 0.4) is 0 Å². The van der Waals surface area contributed by atoms with E-state index in [2.05, 4.69) is 18.2 Å². The van der Waals surface area contributed by atoms with Crippen LogP contribution < -0.4 is 10.5 Å². The zero-order valence-corrected chi connectivity index (χ0v) is 12.5. The molecule has 0 aromatic heterocycles. The van der Waals surface area contributed by atoms with Crippen molar-refractivity contribution < 1.29 is 9.47 Å². The molecule has 0 fully saturated rings. The Labute approximate surface area is 129 Å². The molecule has 1 aliphatic rings. The van der Waals surface area contributed by atoms with Crippen LogP contribution in [0.5, 0.6) is 5.75 Å². The van der Waals surface area contributed by atoms with Crippen LogP contribution in [0.25, 0.3) is 0 Å². The lowest BCUT2D eigenvalue weighted by Gasteiger charge is -2.26. The van der Waals surface area contributed by atoms with Crippen molar-refractivity contribution in [3.05, 3.63) is 64.2 Å². The summed E-state index contributed by atoms with van der Waals surface area (Å²) in [7, 11) is 0. The molecule has 0 radical (unpaired) electrons. The van der Waals surface area contributed by atoms with Gasteiger partial charge in [-0.05, 0) is 35.7 Å². The maximum Gasteiger partial charge on any atom is 0.124 e. The molecule has 2 aromatic carbocycles. The predicted octanol–water partition coefficient (Wildman–Crippen LogP) is 3.49. The van der Waals surface area contributed by atoms with Gasteiger partial charge in [0.25, 0.3) is 0 Å². The number of hydrogen-bond donors (Lipinski definition) is 1. The molecule has 1 atom stereocenters. The summed E-state index contributed by atoms with van der Waals surface area (Å²) < 4.78 is 11.8. The van der Waals surface area contributed by atoms with Gasteiger partial charge in [-0.1, -0.05) is 35.9 Å². The van der Waals surface area contributed by atoms with Gasteiger partial charge in [-0.15, -0.1) is 0 Å². The minimum atomic E-state index is -0.0312. The fraction of sp³-hybridized carbons (Fsp3) is 0.294. The van der Waals surface area contributed by atoms with E-state index in [1.165, 1.54) is 11.1 Å². The molecular formula is C17H18ClNO2. The van der Waals surface area contributed by atoms with Crippen molar-refractivity contribution in [3.8, 4) is 5.75 Å². The van der Waals surface area contributed by atoms with Crippen LogP contribution in [0.15, 0.2) is 42.5 Å². The molecule has 21 heavy (non-hydrogen) atoms. The Morgan fingerprint density at radius 1 is 1.24 bits per heavy atom. The maximum absolute atomic E-state index is 5.98. The van der Waals surface area contributed by atoms with Gasteiger partial charge in [0.15, 0.2) is 0 Å². The number of ether oxygens (including phenoxy) is 2. The Kier molecular flexibility index (Phi) is 4.44. The van der Waals surface area contributed by atoms with Crippen LogP contribution in [0.4, 0.5) is 0 Å². The minimum absolute atomic E-state index is 0.0312. The van der Waals surface area contributed by atoms with Crippen molar-refractivity contribution in [1.82, 2.24) is 0 Å². The number of nitrogens with two attached hydrogens (primary N) is 1. The van der Waals surface area contributed by atoms with Crippen molar-refractivity contribution >= 4 is 11.6 Å². The van der Waals surface area contributed by atoms with E-state index in [9.17, 15) is 0 Å². The quantitative estimate of drug-likeness (QED) is 0.940. The van der Waals surface area contributed by atoms with Crippen LogP contribution in [-0.4, -0.2) is 13.2 Å². The SMILES string of the molecule is NCc1cc(Cl)ccc1OCC1OCCc2ccccc21. The summed E-state index contributed by atoms with van der Waals surface area (Å²) in [5.74, 6) is 0.772. The molecule has 0 bridgehead atoms. The van der Waals surface area contributed by atoms with Gasteiger partial charge in [0.05, 0.1) is 6.61 Å². The smallest absolute Gasteiger partial charge is 0.124 e. The molecule has 3 nitrogen and oxygen atoms in total. The molecule has 1 heterocycles. The Balaban J connectivity index is 1.74. The monoisotopic (exact) mass is 303 g/mol. The van der Waals surface area contributed by atoms with Crippen molar-refractivity contribution in [1.29, 1.82) is 0 Å². The normalized spacial score (nSPS) is 17.3. The van der Waals surface area contributed by atoms with E-state index in [0.717, 1.165) is 24.3 Å². The predicted molar refractivity (Wildman–Crippen MR) is 83.7 cm³/mol. The van der Waals surface area contributed by atoms with E-state index in [1.807, 2.05) is 24.3 Å². The van der Waals surface area contributed by atoms with E-state index in [1.54, 1.807) is 0 Å². The molecule has 2 N–H and O–H groups in total. The van der Waals surface area contributed by atoms with Crippen molar-refractivity contribution in [2.45, 2.75) is 19.1 Å². The minimum Gasteiger partial charge on any atom is -0.490 e. The number of fused-ring (bicyclic) bond motifs is 1. The van der Waals surface area contributed by atoms with Gasteiger partial charge >= 0.3 is 0 Å². The van der Waals surface area contributed by atoms with Gasteiger partial charge in [0, 0.05) is 17.1 Å². The van der Waals surface area contributed by atoms with Gasteiger partial charge in [-0.3, -0.25) is 0 Å². The molecule has 110 valence electrons. The first-order valence-electron chi connectivity index (χ1n) is 7.08. The van der Waals surface area contributed by atoms with Crippen molar-refractivity contribution in [3.63, 3.8) is 0 Å². The zero-order chi connectivity index (χ0) is 14.7. The highest BCUT2D eigenvalue weighted by Gasteiger charge is 2.21. The summed E-state index contributed by atoms with van der Waals surface area (Å²) in [4.78, 5) is 0. The lowest BCUT2D eigenvalue weighted by atomic mass is 9.98. The second-order valence-corrected chi connectivity index (χ2v) is 5.51. The second-order valence-electron chi connectivity index (χ2n) is 5.08. The third-order valence-electron chi connectivity index (χ3n) is 3.73. The fourth-order valence-corrected chi connectivity index (χ4v) is 2.82. The summed E-state index contributed by atoms with van der Waals surface area (Å²) in [6, 6.07) is 13.9. The average Bonchev–Trinajstić information content (AvgIpc) is 2.53. The van der Waals surface area contributed by atoms with Crippen molar-refractivity contribution in [2.75, 3.05) is 13.2 Å². The van der Waals surface area contributed by atoms with Gasteiger partial charge in [0.1, 0.15) is 18.5 Å². The van der Waals surface area contributed by atoms with E-state index in [4.69, 9.17) is 26.8 Å². The van der Waals surface area contributed by atoms with Gasteiger partial charge in [-0.25, -0.2) is 0 Å². The number of benzene rings is 2. The van der Waals surface area contributed by atoms with E-state index in [-0.39, 0.29) is 6.10 Å². The Bertz CT molecular complexity index is 630. The topological polar surface area (TPSA) is 44.5 Å². The van der Waals surface area contributed by atoms with Crippen LogP contribution >= 0.6 is 11.6 Å². The molecule has 4 heteroatoms. The molecular weight excluding hydrogens is 286 g/mol. The molecule has 1 unspecified atom stereocenters. The zero-order valence-electron chi connectivity index (χ0n) is 11.7. The van der Waals surface area contributed by atoms with Gasteiger partial charge in [0.2, 0.25) is 0 Å². The average molecular weight is 304 g/mol. The van der Waals surface area contributed by atoms with E-state index in [0.29, 0.717) is 18.2 Å². The van der Waals surface area contributed by atoms with Crippen molar-refractivity contribution in [2.24, 2.45) is 5.73 Å². The highest BCUT2D eigenvalue weighted by atomic mass is 35.5. The molecule has 2 aromatic rings. The first-order valence-corrected chi connectivity index (χ1v) is 7.46. The van der Waals surface area contributed by atoms with Crippen LogP contribution in [0.2, 0.25) is 5.02 Å². The second kappa shape index (κ2) is 6.48. The largest absolute Gasteiger partial charge is 0.490 e. The van der Waals surface area contributed by atoms with Crippen LogP contribution in [0.1, 0.15) is 22.8 Å². The number of halogens is 1. The van der Waals surface area contributed by atoms with Crippen LogP contribution in [-0.2, 0) is 17.7 Å². The maximum atomic E-state index is 5.98. The highest BCUT2D eigenvalue weighted by Crippen LogP contribution is 2.29. The molecule has 0 saturated heterocycles. The lowest BCUT2D eigenvalue weighted by Crippen LogP contribution is -2.22. The Morgan fingerprint density at radius 3 is 2.95 bits per heavy atom. The summed E-state index contributed by atoms with van der Waals surface area (Å²) >= 11 is 5.98. The fourth-order valence-electron chi connectivity index (χ4n) is 2.63. The third-order valence-corrected chi connectivity index (χ3v) is 3.96. The summed E-state index contributed by atoms with van der Waals surface area (Å²) in [5.41, 5.74) is 9.20. The highest BCUT2D eigenvalue weighted by molar-refractivity contribution is 6.30. The molecule has 0 amide bonds. The summed E-state index contributed by atoms with van der Waals surface area (Å²) in [6.07, 6.45) is 0.929. The standard InChI is InChI=1S/C17H18ClNO2/c18-14-5-6-16(13(9-14)10-19)21-11-17-15-4-2-1-3-12(15)7-8-20-17/h1-6,9,17H,7-8,10-11,19H2.